The van der Waals surface area contributed by atoms with Crippen LogP contribution >= 0.6 is 0 Å². The lowest BCUT2D eigenvalue weighted by molar-refractivity contribution is -0.143. The maximum absolute atomic E-state index is 13.6. The van der Waals surface area contributed by atoms with Crippen molar-refractivity contribution in [2.75, 3.05) is 39.9 Å². The molecule has 10 nitrogen and oxygen atoms in total. The molecule has 0 aromatic carbocycles. The smallest absolute Gasteiger partial charge is 0.290 e. The van der Waals surface area contributed by atoms with E-state index in [1.54, 1.807) is 0 Å². The van der Waals surface area contributed by atoms with Crippen LogP contribution in [0.25, 0.3) is 0 Å². The molecule has 190 valence electrons. The number of hydrogen-bond donors (Lipinski definition) is 3. The van der Waals surface area contributed by atoms with Gasteiger partial charge in [0.1, 0.15) is 5.54 Å². The van der Waals surface area contributed by atoms with Gasteiger partial charge in [-0.05, 0) is 57.2 Å². The molecule has 0 unspecified atom stereocenters. The molecule has 4 rings (SSSR count). The Morgan fingerprint density at radius 3 is 2.59 bits per heavy atom. The van der Waals surface area contributed by atoms with E-state index in [1.165, 1.54) is 6.42 Å². The quantitative estimate of drug-likeness (QED) is 0.517. The predicted molar refractivity (Wildman–Crippen MR) is 127 cm³/mol. The number of amides is 1. The van der Waals surface area contributed by atoms with E-state index in [4.69, 9.17) is 24.5 Å². The Hall–Kier alpha value is -2.56. The molecule has 10 heteroatoms. The lowest BCUT2D eigenvalue weighted by Gasteiger charge is -2.42. The zero-order valence-corrected chi connectivity index (χ0v) is 20.0. The zero-order chi connectivity index (χ0) is 24.8. The summed E-state index contributed by atoms with van der Waals surface area (Å²) in [6, 6.07) is 6.92. The normalized spacial score (nSPS) is 24.4. The fourth-order valence-corrected chi connectivity index (χ4v) is 5.25. The van der Waals surface area contributed by atoms with Crippen LogP contribution in [-0.4, -0.2) is 101 Å². The number of nitrogens with one attached hydrogen (secondary N) is 1. The van der Waals surface area contributed by atoms with E-state index in [9.17, 15) is 4.79 Å². The topological polar surface area (TPSA) is 132 Å². The molecule has 0 saturated carbocycles. The van der Waals surface area contributed by atoms with Gasteiger partial charge in [0.05, 0.1) is 0 Å². The van der Waals surface area contributed by atoms with Gasteiger partial charge in [0, 0.05) is 63.7 Å². The molecule has 3 aliphatic rings. The Balaban J connectivity index is 0.000000618. The molecule has 1 aromatic rings. The highest BCUT2D eigenvalue weighted by Gasteiger charge is 2.52. The average molecular weight is 479 g/mol. The first-order valence-corrected chi connectivity index (χ1v) is 11.9. The second-order valence-corrected chi connectivity index (χ2v) is 8.90. The van der Waals surface area contributed by atoms with Gasteiger partial charge in [0.2, 0.25) is 5.91 Å². The zero-order valence-electron chi connectivity index (χ0n) is 20.0. The minimum absolute atomic E-state index is 0.250. The van der Waals surface area contributed by atoms with Crippen molar-refractivity contribution in [3.8, 4) is 0 Å². The summed E-state index contributed by atoms with van der Waals surface area (Å²) >= 11 is 0. The fourth-order valence-electron chi connectivity index (χ4n) is 5.25. The molecule has 4 heterocycles. The largest absolute Gasteiger partial charge is 0.483 e. The summed E-state index contributed by atoms with van der Waals surface area (Å²) in [7, 11) is 1.96. The third-order valence-electron chi connectivity index (χ3n) is 6.77. The number of carbonyl (C=O) groups is 3. The number of ether oxygens (including phenoxy) is 1. The third kappa shape index (κ3) is 7.75. The summed E-state index contributed by atoms with van der Waals surface area (Å²) in [6.45, 7) is 3.98. The highest BCUT2D eigenvalue weighted by molar-refractivity contribution is 5.87. The molecular weight excluding hydrogens is 440 g/mol. The van der Waals surface area contributed by atoms with Gasteiger partial charge in [-0.3, -0.25) is 24.3 Å². The Bertz CT molecular complexity index is 740. The number of pyridine rings is 1. The number of aromatic nitrogens is 1. The number of carboxylic acid groups (broad SMARTS) is 2. The number of carbonyl (C=O) groups excluding carboxylic acids is 1. The van der Waals surface area contributed by atoms with E-state index in [0.29, 0.717) is 18.0 Å². The van der Waals surface area contributed by atoms with Gasteiger partial charge in [-0.15, -0.1) is 0 Å². The van der Waals surface area contributed by atoms with Crippen LogP contribution in [0.1, 0.15) is 44.2 Å². The molecule has 0 spiro atoms. The molecule has 3 fully saturated rings. The van der Waals surface area contributed by atoms with Crippen molar-refractivity contribution in [1.82, 2.24) is 20.1 Å². The van der Waals surface area contributed by atoms with Crippen molar-refractivity contribution < 1.29 is 29.3 Å². The fraction of sp³-hybridized carbons (Fsp3) is 0.667. The van der Waals surface area contributed by atoms with Crippen LogP contribution in [0, 0.1) is 0 Å². The summed E-state index contributed by atoms with van der Waals surface area (Å²) in [4.78, 5) is 39.1. The summed E-state index contributed by atoms with van der Waals surface area (Å²) in [5.41, 5.74) is 0.741. The van der Waals surface area contributed by atoms with Crippen LogP contribution in [-0.2, 0) is 25.5 Å². The second kappa shape index (κ2) is 14.6. The standard InChI is InChI=1S/C22H34N4O2.2CH2O2/c1-25(13-7-18-6-2-4-11-23-18)21(27)22-10-3-5-12-26(22)17-20(16-22)24-19-8-14-28-15-9-19;2*2-1-3/h2,4,6,11,19-20,24H,3,5,7-10,12-17H2,1H3;2*1H,(H,2,3)/t20-,22-;;/m0../s1. The Morgan fingerprint density at radius 2 is 1.94 bits per heavy atom. The summed E-state index contributed by atoms with van der Waals surface area (Å²) < 4.78 is 5.50. The highest BCUT2D eigenvalue weighted by Crippen LogP contribution is 2.39. The van der Waals surface area contributed by atoms with Gasteiger partial charge in [-0.25, -0.2) is 0 Å². The monoisotopic (exact) mass is 478 g/mol. The summed E-state index contributed by atoms with van der Waals surface area (Å²) in [5, 5.41) is 17.6. The van der Waals surface area contributed by atoms with Gasteiger partial charge in [0.25, 0.3) is 12.9 Å². The van der Waals surface area contributed by atoms with Gasteiger partial charge < -0.3 is 25.2 Å². The van der Waals surface area contributed by atoms with E-state index >= 15 is 0 Å². The van der Waals surface area contributed by atoms with Crippen molar-refractivity contribution in [2.45, 2.75) is 62.6 Å². The Morgan fingerprint density at radius 1 is 1.24 bits per heavy atom. The maximum Gasteiger partial charge on any atom is 0.290 e. The molecular formula is C24H38N4O6. The first-order chi connectivity index (χ1) is 16.5. The molecule has 0 aliphatic carbocycles. The van der Waals surface area contributed by atoms with Crippen LogP contribution < -0.4 is 5.32 Å². The lowest BCUT2D eigenvalue weighted by Crippen LogP contribution is -2.58. The first-order valence-electron chi connectivity index (χ1n) is 11.9. The summed E-state index contributed by atoms with van der Waals surface area (Å²) in [6.07, 6.45) is 9.09. The van der Waals surface area contributed by atoms with E-state index in [1.807, 2.05) is 36.3 Å². The predicted octanol–water partition coefficient (Wildman–Crippen LogP) is 1.25. The van der Waals surface area contributed by atoms with Crippen LogP contribution in [0.4, 0.5) is 0 Å². The molecule has 3 saturated heterocycles. The molecule has 0 radical (unpaired) electrons. The molecule has 1 aromatic heterocycles. The SMILES string of the molecule is CN(CCc1ccccn1)C(=O)[C@@]12CCCCN1C[C@@H](NC1CCOCC1)C2.O=CO.O=CO. The minimum Gasteiger partial charge on any atom is -0.483 e. The number of nitrogens with zero attached hydrogens (tertiary/aromatic N) is 3. The van der Waals surface area contributed by atoms with Gasteiger partial charge in [-0.1, -0.05) is 6.07 Å². The van der Waals surface area contributed by atoms with Crippen molar-refractivity contribution in [1.29, 1.82) is 0 Å². The molecule has 0 bridgehead atoms. The van der Waals surface area contributed by atoms with Gasteiger partial charge in [-0.2, -0.15) is 0 Å². The van der Waals surface area contributed by atoms with Gasteiger partial charge >= 0.3 is 0 Å². The minimum atomic E-state index is -0.306. The number of hydrogen-bond acceptors (Lipinski definition) is 7. The first kappa shape index (κ1) is 27.7. The van der Waals surface area contributed by atoms with Crippen LogP contribution in [0.15, 0.2) is 24.4 Å². The third-order valence-corrected chi connectivity index (χ3v) is 6.77. The van der Waals surface area contributed by atoms with E-state index in [-0.39, 0.29) is 18.5 Å². The van der Waals surface area contributed by atoms with Gasteiger partial charge in [0.15, 0.2) is 0 Å². The molecule has 2 atom stereocenters. The Labute approximate surface area is 201 Å². The lowest BCUT2D eigenvalue weighted by atomic mass is 9.84. The molecule has 1 amide bonds. The van der Waals surface area contributed by atoms with Crippen molar-refractivity contribution in [3.05, 3.63) is 30.1 Å². The van der Waals surface area contributed by atoms with E-state index in [2.05, 4.69) is 15.2 Å². The highest BCUT2D eigenvalue weighted by atomic mass is 16.5. The number of rotatable bonds is 6. The number of piperidine rings is 1. The van der Waals surface area contributed by atoms with Crippen LogP contribution in [0.3, 0.4) is 0 Å². The summed E-state index contributed by atoms with van der Waals surface area (Å²) in [5.74, 6) is 0.305. The van der Waals surface area contributed by atoms with Crippen LogP contribution in [0.2, 0.25) is 0 Å². The van der Waals surface area contributed by atoms with Crippen molar-refractivity contribution in [2.24, 2.45) is 0 Å². The van der Waals surface area contributed by atoms with Crippen LogP contribution in [0.5, 0.6) is 0 Å². The Kier molecular flexibility index (Phi) is 11.9. The van der Waals surface area contributed by atoms with E-state index in [0.717, 1.165) is 77.1 Å². The number of likely N-dealkylation sites (N-methyl/N-ethyl adjacent to an activating group) is 1. The van der Waals surface area contributed by atoms with Crippen molar-refractivity contribution >= 4 is 18.9 Å². The molecule has 34 heavy (non-hydrogen) atoms. The molecule has 3 N–H and O–H groups in total. The van der Waals surface area contributed by atoms with E-state index < -0.39 is 0 Å². The molecule has 3 aliphatic heterocycles. The second-order valence-electron chi connectivity index (χ2n) is 8.90. The average Bonchev–Trinajstić information content (AvgIpc) is 3.23. The maximum atomic E-state index is 13.6. The van der Waals surface area contributed by atoms with Crippen molar-refractivity contribution in [3.63, 3.8) is 0 Å². The number of fused-ring (bicyclic) bond motifs is 1.